The molecule has 0 unspecified atom stereocenters. The van der Waals surface area contributed by atoms with E-state index < -0.39 is 0 Å². The zero-order valence-electron chi connectivity index (χ0n) is 15.9. The SMILES string of the molecule is c1ccc2c(c1)SC(=C1CCCCC(=C3Sc4ccccc4S3)CCCC1)S2. The summed E-state index contributed by atoms with van der Waals surface area (Å²) in [6, 6.07) is 17.8. The molecule has 2 aromatic carbocycles. The largest absolute Gasteiger partial charge is 0.0816 e. The average Bonchev–Trinajstić information content (AvgIpc) is 3.35. The van der Waals surface area contributed by atoms with Gasteiger partial charge in [0.15, 0.2) is 0 Å². The molecule has 0 atom stereocenters. The van der Waals surface area contributed by atoms with Crippen LogP contribution in [-0.4, -0.2) is 0 Å². The quantitative estimate of drug-likeness (QED) is 0.400. The first-order valence-corrected chi connectivity index (χ1v) is 13.5. The zero-order chi connectivity index (χ0) is 18.8. The number of hydrogen-bond donors (Lipinski definition) is 0. The Labute approximate surface area is 185 Å². The van der Waals surface area contributed by atoms with Gasteiger partial charge in [-0.05, 0) is 86.8 Å². The number of thioether (sulfide) groups is 4. The Morgan fingerprint density at radius 1 is 0.429 bits per heavy atom. The van der Waals surface area contributed by atoms with E-state index in [0.717, 1.165) is 0 Å². The third kappa shape index (κ3) is 4.26. The summed E-state index contributed by atoms with van der Waals surface area (Å²) < 4.78 is 3.16. The van der Waals surface area contributed by atoms with Gasteiger partial charge in [-0.1, -0.05) is 71.3 Å². The van der Waals surface area contributed by atoms with Crippen LogP contribution in [0.4, 0.5) is 0 Å². The number of hydrogen-bond acceptors (Lipinski definition) is 4. The van der Waals surface area contributed by atoms with Crippen molar-refractivity contribution < 1.29 is 0 Å². The molecule has 144 valence electrons. The van der Waals surface area contributed by atoms with Crippen LogP contribution >= 0.6 is 47.0 Å². The highest BCUT2D eigenvalue weighted by Crippen LogP contribution is 2.54. The molecule has 0 radical (unpaired) electrons. The van der Waals surface area contributed by atoms with E-state index in [0.29, 0.717) is 0 Å². The van der Waals surface area contributed by atoms with Crippen molar-refractivity contribution in [1.82, 2.24) is 0 Å². The standard InChI is InChI=1S/C24H24S4/c1-2-10-18(24-27-21-15-7-8-16-22(21)28-24)12-4-3-11-17(9-1)23-25-19-13-5-6-14-20(19)26-23/h5-8,13-16H,1-4,9-12H2. The monoisotopic (exact) mass is 440 g/mol. The number of rotatable bonds is 0. The lowest BCUT2D eigenvalue weighted by atomic mass is 9.96. The number of benzene rings is 2. The first-order chi connectivity index (χ1) is 13.9. The second-order valence-electron chi connectivity index (χ2n) is 7.50. The molecule has 5 rings (SSSR count). The minimum absolute atomic E-state index is 1.28. The van der Waals surface area contributed by atoms with E-state index >= 15 is 0 Å². The summed E-state index contributed by atoms with van der Waals surface area (Å²) in [5.41, 5.74) is 3.44. The second kappa shape index (κ2) is 8.99. The highest BCUT2D eigenvalue weighted by molar-refractivity contribution is 8.25. The zero-order valence-corrected chi connectivity index (χ0v) is 19.2. The normalized spacial score (nSPS) is 20.3. The van der Waals surface area contributed by atoms with Gasteiger partial charge in [0, 0.05) is 28.1 Å². The highest BCUT2D eigenvalue weighted by atomic mass is 32.2. The fourth-order valence-electron chi connectivity index (χ4n) is 3.98. The van der Waals surface area contributed by atoms with E-state index in [1.165, 1.54) is 70.9 Å². The van der Waals surface area contributed by atoms with Gasteiger partial charge in [-0.15, -0.1) is 0 Å². The Hall–Kier alpha value is -0.680. The van der Waals surface area contributed by atoms with Crippen LogP contribution in [-0.2, 0) is 0 Å². The van der Waals surface area contributed by atoms with Crippen molar-refractivity contribution in [3.63, 3.8) is 0 Å². The van der Waals surface area contributed by atoms with Crippen LogP contribution < -0.4 is 0 Å². The van der Waals surface area contributed by atoms with Gasteiger partial charge in [0.1, 0.15) is 0 Å². The molecule has 2 aromatic rings. The molecule has 0 spiro atoms. The van der Waals surface area contributed by atoms with Crippen molar-refractivity contribution in [3.8, 4) is 0 Å². The van der Waals surface area contributed by atoms with Gasteiger partial charge >= 0.3 is 0 Å². The second-order valence-corrected chi connectivity index (χ2v) is 12.2. The van der Waals surface area contributed by atoms with Crippen LogP contribution in [0.5, 0.6) is 0 Å². The number of fused-ring (bicyclic) bond motifs is 2. The lowest BCUT2D eigenvalue weighted by molar-refractivity contribution is 0.625. The fraction of sp³-hybridized carbons (Fsp3) is 0.333. The summed E-state index contributed by atoms with van der Waals surface area (Å²) in [4.78, 5) is 5.81. The molecular weight excluding hydrogens is 417 g/mol. The predicted octanol–water partition coefficient (Wildman–Crippen LogP) is 9.34. The van der Waals surface area contributed by atoms with Gasteiger partial charge in [-0.25, -0.2) is 0 Å². The van der Waals surface area contributed by atoms with Gasteiger partial charge in [0.05, 0.1) is 0 Å². The fourth-order valence-corrected chi connectivity index (χ4v) is 9.34. The molecule has 1 aliphatic carbocycles. The molecular formula is C24H24S4. The molecule has 4 heteroatoms. The van der Waals surface area contributed by atoms with Crippen LogP contribution in [0.2, 0.25) is 0 Å². The topological polar surface area (TPSA) is 0 Å². The third-order valence-corrected chi connectivity index (χ3v) is 11.0. The Morgan fingerprint density at radius 2 is 0.714 bits per heavy atom. The molecule has 28 heavy (non-hydrogen) atoms. The molecule has 0 bridgehead atoms. The van der Waals surface area contributed by atoms with Crippen molar-refractivity contribution >= 4 is 47.0 Å². The van der Waals surface area contributed by atoms with E-state index in [-0.39, 0.29) is 0 Å². The Kier molecular flexibility index (Phi) is 6.20. The van der Waals surface area contributed by atoms with Crippen molar-refractivity contribution in [2.75, 3.05) is 0 Å². The van der Waals surface area contributed by atoms with Crippen molar-refractivity contribution in [2.24, 2.45) is 0 Å². The number of allylic oxidation sites excluding steroid dienone is 2. The first-order valence-electron chi connectivity index (χ1n) is 10.2. The summed E-state index contributed by atoms with van der Waals surface area (Å²) in [6.07, 6.45) is 10.5. The minimum atomic E-state index is 1.28. The molecule has 0 amide bonds. The summed E-state index contributed by atoms with van der Waals surface area (Å²) in [5.74, 6) is 0. The van der Waals surface area contributed by atoms with E-state index in [9.17, 15) is 0 Å². The van der Waals surface area contributed by atoms with Gasteiger partial charge in [-0.3, -0.25) is 0 Å². The van der Waals surface area contributed by atoms with Crippen LogP contribution in [0, 0.1) is 0 Å². The van der Waals surface area contributed by atoms with Crippen LogP contribution in [0.3, 0.4) is 0 Å². The van der Waals surface area contributed by atoms with Crippen LogP contribution in [0.1, 0.15) is 51.4 Å². The smallest absolute Gasteiger partial charge is 0.0491 e. The highest BCUT2D eigenvalue weighted by Gasteiger charge is 2.22. The van der Waals surface area contributed by atoms with Crippen molar-refractivity contribution in [3.05, 3.63) is 68.2 Å². The maximum Gasteiger partial charge on any atom is 0.0491 e. The average molecular weight is 441 g/mol. The summed E-state index contributed by atoms with van der Waals surface area (Å²) in [6.45, 7) is 0. The van der Waals surface area contributed by atoms with E-state index in [4.69, 9.17) is 0 Å². The Balaban J connectivity index is 1.26. The molecule has 0 saturated heterocycles. The van der Waals surface area contributed by atoms with Crippen molar-refractivity contribution in [1.29, 1.82) is 0 Å². The Bertz CT molecular complexity index is 794. The molecule has 3 aliphatic rings. The summed E-state index contributed by atoms with van der Waals surface area (Å²) in [7, 11) is 0. The summed E-state index contributed by atoms with van der Waals surface area (Å²) >= 11 is 8.05. The molecule has 0 N–H and O–H groups in total. The maximum absolute atomic E-state index is 2.27. The predicted molar refractivity (Wildman–Crippen MR) is 127 cm³/mol. The Morgan fingerprint density at radius 3 is 1.00 bits per heavy atom. The lowest BCUT2D eigenvalue weighted by Crippen LogP contribution is -1.95. The molecule has 0 aromatic heterocycles. The third-order valence-electron chi connectivity index (χ3n) is 5.50. The minimum Gasteiger partial charge on any atom is -0.0816 e. The van der Waals surface area contributed by atoms with E-state index in [2.05, 4.69) is 48.5 Å². The first kappa shape index (κ1) is 19.3. The van der Waals surface area contributed by atoms with Crippen LogP contribution in [0.15, 0.2) is 87.7 Å². The maximum atomic E-state index is 2.27. The van der Waals surface area contributed by atoms with E-state index in [1.807, 2.05) is 47.0 Å². The lowest BCUT2D eigenvalue weighted by Gasteiger charge is -2.16. The van der Waals surface area contributed by atoms with Gasteiger partial charge in [0.25, 0.3) is 0 Å². The molecule has 2 heterocycles. The van der Waals surface area contributed by atoms with Gasteiger partial charge < -0.3 is 0 Å². The molecule has 1 saturated carbocycles. The summed E-state index contributed by atoms with van der Waals surface area (Å²) in [5, 5.41) is 0. The molecule has 1 fully saturated rings. The van der Waals surface area contributed by atoms with Crippen molar-refractivity contribution in [2.45, 2.75) is 70.9 Å². The van der Waals surface area contributed by atoms with Crippen LogP contribution in [0.25, 0.3) is 0 Å². The molecule has 2 aliphatic heterocycles. The van der Waals surface area contributed by atoms with E-state index in [1.54, 1.807) is 19.6 Å². The van der Waals surface area contributed by atoms with Gasteiger partial charge in [0.2, 0.25) is 0 Å². The van der Waals surface area contributed by atoms with Gasteiger partial charge in [-0.2, -0.15) is 0 Å². The molecule has 0 nitrogen and oxygen atoms in total.